The van der Waals surface area contributed by atoms with Crippen molar-refractivity contribution in [1.29, 1.82) is 0 Å². The predicted molar refractivity (Wildman–Crippen MR) is 313 cm³/mol. The Kier molecular flexibility index (Phi) is 21.4. The summed E-state index contributed by atoms with van der Waals surface area (Å²) in [6, 6.07) is 14.6. The van der Waals surface area contributed by atoms with Crippen LogP contribution >= 0.6 is 14.3 Å². The zero-order valence-corrected chi connectivity index (χ0v) is 52.3. The lowest BCUT2D eigenvalue weighted by Crippen LogP contribution is -2.36. The van der Waals surface area contributed by atoms with Crippen molar-refractivity contribution in [3.05, 3.63) is 138 Å². The summed E-state index contributed by atoms with van der Waals surface area (Å²) in [5, 5.41) is 0. The van der Waals surface area contributed by atoms with Gasteiger partial charge in [0.25, 0.3) is 0 Å². The molecule has 0 amide bonds. The minimum atomic E-state index is -4.39. The maximum atomic E-state index is 15.0. The first-order valence-electron chi connectivity index (χ1n) is 27.2. The van der Waals surface area contributed by atoms with Crippen LogP contribution in [0.3, 0.4) is 0 Å². The second kappa shape index (κ2) is 25.6. The van der Waals surface area contributed by atoms with E-state index in [4.69, 9.17) is 18.9 Å². The summed E-state index contributed by atoms with van der Waals surface area (Å²) in [7, 11) is -8.77. The third-order valence-electron chi connectivity index (χ3n) is 14.6. The Morgan fingerprint density at radius 1 is 0.346 bits per heavy atom. The van der Waals surface area contributed by atoms with Crippen molar-refractivity contribution in [3.8, 4) is 0 Å². The van der Waals surface area contributed by atoms with Gasteiger partial charge in [-0.05, 0) is 196 Å². The van der Waals surface area contributed by atoms with E-state index in [-0.39, 0.29) is 35.5 Å². The van der Waals surface area contributed by atoms with Crippen molar-refractivity contribution in [3.63, 3.8) is 0 Å². The maximum absolute atomic E-state index is 15.0. The summed E-state index contributed by atoms with van der Waals surface area (Å²) in [4.78, 5) is 84.6. The maximum Gasteiger partial charge on any atom is 0.306 e. The molecule has 0 atom stereocenters. The molecule has 0 aromatic heterocycles. The van der Waals surface area contributed by atoms with Crippen LogP contribution in [0, 0.1) is 83.1 Å². The number of hydrogen-bond donors (Lipinski definition) is 0. The average Bonchev–Trinajstić information content (AvgIpc) is 3.27. The zero-order chi connectivity index (χ0) is 59.3. The van der Waals surface area contributed by atoms with Crippen molar-refractivity contribution < 1.29 is 56.8 Å². The van der Waals surface area contributed by atoms with Crippen LogP contribution in [-0.4, -0.2) is 82.0 Å². The van der Waals surface area contributed by atoms with Crippen LogP contribution < -0.4 is 0 Å². The SMILES string of the molecule is Cc1cc(C)c(C(=O)P(=O)(CCC(=O)OC(C)(C)CCOC(C)(C)CCC(C)(C)OCCC(C)(C)OC(=O)CCP(=O)(C(=O)c2c(C)cc(C)cc2C)C(=O)c2c(C)cc(C)cc2C)C(=O)c2c(C)cc(C)cc2C)c(C)c1. The molecule has 426 valence electrons. The molecule has 0 spiro atoms. The number of hydrogen-bond acceptors (Lipinski definition) is 12. The molecule has 78 heavy (non-hydrogen) atoms. The highest BCUT2D eigenvalue weighted by Crippen LogP contribution is 2.56. The average molecular weight is 1110 g/mol. The largest absolute Gasteiger partial charge is 0.460 e. The van der Waals surface area contributed by atoms with Gasteiger partial charge in [0.05, 0.1) is 37.3 Å². The van der Waals surface area contributed by atoms with Gasteiger partial charge in [0, 0.05) is 47.4 Å². The van der Waals surface area contributed by atoms with Gasteiger partial charge in [0.15, 0.2) is 0 Å². The monoisotopic (exact) mass is 1110 g/mol. The highest BCUT2D eigenvalue weighted by atomic mass is 31.2. The van der Waals surface area contributed by atoms with Crippen molar-refractivity contribution in [2.75, 3.05) is 25.5 Å². The van der Waals surface area contributed by atoms with Gasteiger partial charge in [0.2, 0.25) is 36.4 Å². The smallest absolute Gasteiger partial charge is 0.306 e. The minimum Gasteiger partial charge on any atom is -0.460 e. The highest BCUT2D eigenvalue weighted by molar-refractivity contribution is 7.95. The summed E-state index contributed by atoms with van der Waals surface area (Å²) in [5.74, 6) is -1.35. The highest BCUT2D eigenvalue weighted by Gasteiger charge is 2.45. The first-order valence-corrected chi connectivity index (χ1v) is 30.9. The molecule has 4 aromatic rings. The van der Waals surface area contributed by atoms with E-state index in [0.29, 0.717) is 70.2 Å². The normalized spacial score (nSPS) is 12.6. The molecule has 0 aliphatic carbocycles. The van der Waals surface area contributed by atoms with Crippen molar-refractivity contribution in [2.45, 2.75) is 199 Å². The van der Waals surface area contributed by atoms with E-state index in [2.05, 4.69) is 0 Å². The molecule has 0 radical (unpaired) electrons. The Morgan fingerprint density at radius 2 is 0.551 bits per heavy atom. The molecule has 4 aromatic carbocycles. The van der Waals surface area contributed by atoms with Gasteiger partial charge >= 0.3 is 11.9 Å². The molecule has 0 bridgehead atoms. The van der Waals surface area contributed by atoms with Crippen molar-refractivity contribution in [1.82, 2.24) is 0 Å². The fourth-order valence-corrected chi connectivity index (χ4v) is 15.6. The van der Waals surface area contributed by atoms with Crippen LogP contribution in [-0.2, 0) is 37.7 Å². The zero-order valence-electron chi connectivity index (χ0n) is 50.5. The standard InChI is InChI=1S/C64H88O12P2/c1-39-31-43(5)53(44(6)32-39)57(67)77(71,58(68)54-45(7)33-40(2)34-46(54)8)29-21-51(65)75-63(17,18)25-27-73-61(13,14)23-24-62(15,16)74-28-26-64(19,20)76-52(66)22-30-78(72,59(69)55-47(9)35-41(3)36-48(55)10)60(70)56-49(11)37-42(4)38-50(56)12/h31-38H,21-30H2,1-20H3. The van der Waals surface area contributed by atoms with Crippen LogP contribution in [0.2, 0.25) is 0 Å². The molecular weight excluding hydrogens is 1020 g/mol. The van der Waals surface area contributed by atoms with E-state index < -0.39 is 95.9 Å². The van der Waals surface area contributed by atoms with Gasteiger partial charge < -0.3 is 28.1 Å². The van der Waals surface area contributed by atoms with E-state index in [9.17, 15) is 28.8 Å². The third kappa shape index (κ3) is 16.7. The molecule has 0 fully saturated rings. The summed E-state index contributed by atoms with van der Waals surface area (Å²) in [5.41, 5.74) is 3.42. The summed E-state index contributed by atoms with van der Waals surface area (Å²) < 4.78 is 54.6. The lowest BCUT2D eigenvalue weighted by atomic mass is 9.93. The first-order chi connectivity index (χ1) is 35.7. The Balaban J connectivity index is 1.32. The third-order valence-corrected chi connectivity index (χ3v) is 19.9. The van der Waals surface area contributed by atoms with Gasteiger partial charge in [-0.1, -0.05) is 70.8 Å². The van der Waals surface area contributed by atoms with Crippen molar-refractivity contribution in [2.24, 2.45) is 0 Å². The number of carbonyl (C=O) groups is 6. The van der Waals surface area contributed by atoms with Gasteiger partial charge in [-0.3, -0.25) is 28.8 Å². The second-order valence-electron chi connectivity index (χ2n) is 24.4. The molecule has 0 saturated heterocycles. The van der Waals surface area contributed by atoms with Crippen LogP contribution in [0.5, 0.6) is 0 Å². The summed E-state index contributed by atoms with van der Waals surface area (Å²) in [6.07, 6.45) is 0.141. The Hall–Kier alpha value is -5.12. The van der Waals surface area contributed by atoms with E-state index in [1.54, 1.807) is 83.1 Å². The number of ether oxygens (including phenoxy) is 4. The van der Waals surface area contributed by atoms with Crippen LogP contribution in [0.25, 0.3) is 0 Å². The van der Waals surface area contributed by atoms with E-state index in [0.717, 1.165) is 22.3 Å². The van der Waals surface area contributed by atoms with E-state index >= 15 is 9.13 Å². The molecule has 0 N–H and O–H groups in total. The molecule has 0 aliphatic rings. The van der Waals surface area contributed by atoms with Crippen molar-refractivity contribution >= 4 is 48.3 Å². The fourth-order valence-electron chi connectivity index (χ4n) is 10.6. The molecule has 12 nitrogen and oxygen atoms in total. The van der Waals surface area contributed by atoms with Crippen LogP contribution in [0.4, 0.5) is 0 Å². The van der Waals surface area contributed by atoms with Gasteiger partial charge in [-0.15, -0.1) is 0 Å². The number of aryl methyl sites for hydroxylation is 12. The fraction of sp³-hybridized carbons (Fsp3) is 0.531. The van der Waals surface area contributed by atoms with E-state index in [1.807, 2.05) is 104 Å². The second-order valence-corrected chi connectivity index (χ2v) is 29.9. The van der Waals surface area contributed by atoms with Gasteiger partial charge in [0.1, 0.15) is 11.2 Å². The van der Waals surface area contributed by atoms with Gasteiger partial charge in [-0.2, -0.15) is 0 Å². The molecule has 4 rings (SSSR count). The molecule has 0 saturated carbocycles. The van der Waals surface area contributed by atoms with Crippen LogP contribution in [0.15, 0.2) is 48.5 Å². The molecule has 14 heteroatoms. The number of benzene rings is 4. The van der Waals surface area contributed by atoms with Gasteiger partial charge in [-0.25, -0.2) is 0 Å². The number of carbonyl (C=O) groups excluding carboxylic acids is 6. The molecule has 0 unspecified atom stereocenters. The number of esters is 2. The quantitative estimate of drug-likeness (QED) is 0.0409. The Morgan fingerprint density at radius 3 is 0.756 bits per heavy atom. The van der Waals surface area contributed by atoms with Crippen LogP contribution in [0.1, 0.15) is 202 Å². The van der Waals surface area contributed by atoms with E-state index in [1.165, 1.54) is 0 Å². The lowest BCUT2D eigenvalue weighted by Gasteiger charge is -2.34. The Bertz CT molecular complexity index is 2630. The minimum absolute atomic E-state index is 0.240. The lowest BCUT2D eigenvalue weighted by molar-refractivity contribution is -0.160. The first kappa shape index (κ1) is 65.4. The summed E-state index contributed by atoms with van der Waals surface area (Å²) >= 11 is 0. The topological polar surface area (TPSA) is 173 Å². The number of rotatable bonds is 27. The molecule has 0 aliphatic heterocycles. The molecule has 0 heterocycles. The Labute approximate surface area is 465 Å². The molecular formula is C64H88O12P2. The summed E-state index contributed by atoms with van der Waals surface area (Å²) in [6.45, 7) is 37.1. The predicted octanol–water partition coefficient (Wildman–Crippen LogP) is 15.3.